The first-order valence-electron chi connectivity index (χ1n) is 6.66. The molecule has 3 aliphatic rings. The molecule has 3 aliphatic carbocycles. The van der Waals surface area contributed by atoms with Gasteiger partial charge in [0.25, 0.3) is 0 Å². The Morgan fingerprint density at radius 2 is 1.80 bits per heavy atom. The maximum Gasteiger partial charge on any atom is 0.0462 e. The summed E-state index contributed by atoms with van der Waals surface area (Å²) in [5, 5.41) is 8.96. The van der Waals surface area contributed by atoms with Crippen LogP contribution in [-0.2, 0) is 0 Å². The molecule has 1 N–H and O–H groups in total. The summed E-state index contributed by atoms with van der Waals surface area (Å²) in [4.78, 5) is 0. The van der Waals surface area contributed by atoms with E-state index in [-0.39, 0.29) is 0 Å². The van der Waals surface area contributed by atoms with Gasteiger partial charge in [-0.3, -0.25) is 0 Å². The molecule has 0 saturated heterocycles. The molecule has 84 valence electrons. The average molecular weight is 206 g/mol. The Labute approximate surface area is 92.6 Å². The topological polar surface area (TPSA) is 20.2 Å². The van der Waals surface area contributed by atoms with Gasteiger partial charge < -0.3 is 5.11 Å². The van der Waals surface area contributed by atoms with E-state index in [0.29, 0.717) is 12.5 Å². The Hall–Kier alpha value is -0.300. The molecule has 2 saturated carbocycles. The predicted molar refractivity (Wildman–Crippen MR) is 61.4 cm³/mol. The van der Waals surface area contributed by atoms with Crippen LogP contribution in [0, 0.1) is 29.6 Å². The highest BCUT2D eigenvalue weighted by Gasteiger charge is 2.37. The van der Waals surface area contributed by atoms with Crippen molar-refractivity contribution < 1.29 is 5.11 Å². The van der Waals surface area contributed by atoms with Crippen molar-refractivity contribution in [2.45, 2.75) is 38.5 Å². The van der Waals surface area contributed by atoms with E-state index in [2.05, 4.69) is 12.2 Å². The van der Waals surface area contributed by atoms with Crippen molar-refractivity contribution in [3.05, 3.63) is 12.2 Å². The van der Waals surface area contributed by atoms with E-state index in [1.165, 1.54) is 38.5 Å². The minimum atomic E-state index is 0.432. The van der Waals surface area contributed by atoms with Gasteiger partial charge in [0.2, 0.25) is 0 Å². The van der Waals surface area contributed by atoms with Gasteiger partial charge in [-0.1, -0.05) is 25.0 Å². The molecule has 2 bridgehead atoms. The Bertz CT molecular complexity index is 258. The van der Waals surface area contributed by atoms with Gasteiger partial charge in [-0.2, -0.15) is 0 Å². The van der Waals surface area contributed by atoms with E-state index in [0.717, 1.165) is 23.7 Å². The fraction of sp³-hybridized carbons (Fsp3) is 0.857. The van der Waals surface area contributed by atoms with Crippen LogP contribution in [0.4, 0.5) is 0 Å². The summed E-state index contributed by atoms with van der Waals surface area (Å²) in [5.41, 5.74) is 0. The van der Waals surface area contributed by atoms with E-state index in [9.17, 15) is 0 Å². The van der Waals surface area contributed by atoms with Crippen LogP contribution in [0.15, 0.2) is 12.2 Å². The van der Waals surface area contributed by atoms with Crippen LogP contribution in [0.2, 0.25) is 0 Å². The lowest BCUT2D eigenvalue weighted by Gasteiger charge is -2.17. The fourth-order valence-corrected chi connectivity index (χ4v) is 3.76. The van der Waals surface area contributed by atoms with E-state index >= 15 is 0 Å². The highest BCUT2D eigenvalue weighted by molar-refractivity contribution is 5.09. The fourth-order valence-electron chi connectivity index (χ4n) is 3.76. The molecule has 1 heteroatoms. The summed E-state index contributed by atoms with van der Waals surface area (Å²) in [6, 6.07) is 0. The summed E-state index contributed by atoms with van der Waals surface area (Å²) in [7, 11) is 0. The molecular weight excluding hydrogens is 184 g/mol. The van der Waals surface area contributed by atoms with Gasteiger partial charge in [-0.25, -0.2) is 0 Å². The number of allylic oxidation sites excluding steroid dienone is 2. The number of hydrogen-bond donors (Lipinski definition) is 1. The molecule has 0 radical (unpaired) electrons. The SMILES string of the molecule is OCC1CC1CCCC1CC2C=CC1C2. The Kier molecular flexibility index (Phi) is 2.59. The summed E-state index contributed by atoms with van der Waals surface area (Å²) >= 11 is 0. The van der Waals surface area contributed by atoms with Crippen molar-refractivity contribution in [1.82, 2.24) is 0 Å². The monoisotopic (exact) mass is 206 g/mol. The van der Waals surface area contributed by atoms with Crippen LogP contribution in [0.5, 0.6) is 0 Å². The third-order valence-corrected chi connectivity index (χ3v) is 4.87. The van der Waals surface area contributed by atoms with E-state index in [1.807, 2.05) is 0 Å². The van der Waals surface area contributed by atoms with Crippen molar-refractivity contribution in [2.24, 2.45) is 29.6 Å². The lowest BCUT2D eigenvalue weighted by atomic mass is 9.88. The van der Waals surface area contributed by atoms with Crippen LogP contribution in [-0.4, -0.2) is 11.7 Å². The van der Waals surface area contributed by atoms with Gasteiger partial charge in [0, 0.05) is 6.61 Å². The van der Waals surface area contributed by atoms with Gasteiger partial charge in [0.15, 0.2) is 0 Å². The lowest BCUT2D eigenvalue weighted by molar-refractivity contribution is 0.266. The van der Waals surface area contributed by atoms with E-state index in [1.54, 1.807) is 0 Å². The summed E-state index contributed by atoms with van der Waals surface area (Å²) in [6.07, 6.45) is 13.3. The summed E-state index contributed by atoms with van der Waals surface area (Å²) in [6.45, 7) is 0.432. The molecule has 1 nitrogen and oxygen atoms in total. The first-order chi connectivity index (χ1) is 7.36. The molecule has 0 aromatic carbocycles. The largest absolute Gasteiger partial charge is 0.396 e. The predicted octanol–water partition coefficient (Wildman–Crippen LogP) is 3.00. The maximum absolute atomic E-state index is 8.96. The molecule has 15 heavy (non-hydrogen) atoms. The van der Waals surface area contributed by atoms with Crippen molar-refractivity contribution in [3.63, 3.8) is 0 Å². The normalized spacial score (nSPS) is 46.3. The molecular formula is C14H22O. The van der Waals surface area contributed by atoms with Crippen LogP contribution in [0.1, 0.15) is 38.5 Å². The smallest absolute Gasteiger partial charge is 0.0462 e. The number of hydrogen-bond acceptors (Lipinski definition) is 1. The number of fused-ring (bicyclic) bond motifs is 2. The minimum absolute atomic E-state index is 0.432. The van der Waals surface area contributed by atoms with Gasteiger partial charge in [-0.05, 0) is 55.3 Å². The maximum atomic E-state index is 8.96. The van der Waals surface area contributed by atoms with E-state index in [4.69, 9.17) is 5.11 Å². The average Bonchev–Trinajstić information content (AvgIpc) is 2.69. The molecule has 5 unspecified atom stereocenters. The van der Waals surface area contributed by atoms with Gasteiger partial charge in [0.1, 0.15) is 0 Å². The van der Waals surface area contributed by atoms with Crippen LogP contribution >= 0.6 is 0 Å². The standard InChI is InChI=1S/C14H22O/c15-9-14-8-12(14)3-1-2-11-6-10-4-5-13(11)7-10/h4-5,10-15H,1-3,6-9H2. The molecule has 5 atom stereocenters. The third kappa shape index (κ3) is 1.99. The lowest BCUT2D eigenvalue weighted by Crippen LogP contribution is -2.06. The first kappa shape index (κ1) is 9.89. The van der Waals surface area contributed by atoms with Crippen molar-refractivity contribution >= 4 is 0 Å². The Balaban J connectivity index is 1.35. The minimum Gasteiger partial charge on any atom is -0.396 e. The molecule has 0 spiro atoms. The van der Waals surface area contributed by atoms with Crippen LogP contribution in [0.3, 0.4) is 0 Å². The van der Waals surface area contributed by atoms with Crippen molar-refractivity contribution in [3.8, 4) is 0 Å². The zero-order valence-electron chi connectivity index (χ0n) is 9.44. The second-order valence-electron chi connectivity index (χ2n) is 5.91. The molecule has 0 heterocycles. The van der Waals surface area contributed by atoms with Gasteiger partial charge >= 0.3 is 0 Å². The number of aliphatic hydroxyl groups excluding tert-OH is 1. The molecule has 0 aliphatic heterocycles. The van der Waals surface area contributed by atoms with Gasteiger partial charge in [0.05, 0.1) is 0 Å². The zero-order valence-corrected chi connectivity index (χ0v) is 9.44. The Morgan fingerprint density at radius 3 is 2.40 bits per heavy atom. The van der Waals surface area contributed by atoms with Crippen molar-refractivity contribution in [1.29, 1.82) is 0 Å². The van der Waals surface area contributed by atoms with Crippen LogP contribution < -0.4 is 0 Å². The highest BCUT2D eigenvalue weighted by atomic mass is 16.3. The summed E-state index contributed by atoms with van der Waals surface area (Å²) in [5.74, 6) is 4.43. The Morgan fingerprint density at radius 1 is 0.933 bits per heavy atom. The quantitative estimate of drug-likeness (QED) is 0.686. The molecule has 0 aromatic heterocycles. The summed E-state index contributed by atoms with van der Waals surface area (Å²) < 4.78 is 0. The molecule has 3 rings (SSSR count). The van der Waals surface area contributed by atoms with Gasteiger partial charge in [-0.15, -0.1) is 0 Å². The highest BCUT2D eigenvalue weighted by Crippen LogP contribution is 2.47. The molecule has 0 amide bonds. The molecule has 0 aromatic rings. The number of rotatable bonds is 5. The second-order valence-corrected chi connectivity index (χ2v) is 5.91. The third-order valence-electron chi connectivity index (χ3n) is 4.87. The zero-order chi connectivity index (χ0) is 10.3. The van der Waals surface area contributed by atoms with E-state index < -0.39 is 0 Å². The van der Waals surface area contributed by atoms with Crippen LogP contribution in [0.25, 0.3) is 0 Å². The molecule has 2 fully saturated rings. The number of aliphatic hydroxyl groups is 1. The second kappa shape index (κ2) is 3.93. The van der Waals surface area contributed by atoms with Crippen molar-refractivity contribution in [2.75, 3.05) is 6.61 Å². The first-order valence-corrected chi connectivity index (χ1v) is 6.66.